The van der Waals surface area contributed by atoms with Gasteiger partial charge in [0.25, 0.3) is 0 Å². The topological polar surface area (TPSA) is 106 Å². The Labute approximate surface area is 190 Å². The summed E-state index contributed by atoms with van der Waals surface area (Å²) >= 11 is 0. The van der Waals surface area contributed by atoms with Crippen LogP contribution in [-0.4, -0.2) is 40.6 Å². The Morgan fingerprint density at radius 2 is 2.03 bits per heavy atom. The van der Waals surface area contributed by atoms with Crippen molar-refractivity contribution < 1.29 is 27.6 Å². The zero-order valence-corrected chi connectivity index (χ0v) is 19.1. The fourth-order valence-corrected chi connectivity index (χ4v) is 4.43. The predicted octanol–water partition coefficient (Wildman–Crippen LogP) is 5.00. The summed E-state index contributed by atoms with van der Waals surface area (Å²) in [7, 11) is -1.57. The van der Waals surface area contributed by atoms with E-state index >= 15 is 0 Å². The van der Waals surface area contributed by atoms with Crippen LogP contribution in [-0.2, 0) is 20.6 Å². The van der Waals surface area contributed by atoms with E-state index in [9.17, 15) is 18.1 Å². The number of ether oxygens (including phenoxy) is 2. The van der Waals surface area contributed by atoms with Gasteiger partial charge in [0, 0.05) is 23.1 Å². The van der Waals surface area contributed by atoms with Gasteiger partial charge in [0.1, 0.15) is 17.3 Å². The Hall–Kier alpha value is -3.44. The lowest BCUT2D eigenvalue weighted by Crippen LogP contribution is -2.14. The summed E-state index contributed by atoms with van der Waals surface area (Å²) < 4.78 is 52.2. The van der Waals surface area contributed by atoms with Crippen molar-refractivity contribution in [1.82, 2.24) is 9.97 Å². The van der Waals surface area contributed by atoms with Crippen molar-refractivity contribution in [3.63, 3.8) is 0 Å². The van der Waals surface area contributed by atoms with Gasteiger partial charge in [-0.2, -0.15) is 4.36 Å². The maximum atomic E-state index is 14.4. The van der Waals surface area contributed by atoms with Gasteiger partial charge in [-0.1, -0.05) is 22.2 Å². The predicted molar refractivity (Wildman–Crippen MR) is 124 cm³/mol. The molecule has 2 N–H and O–H groups in total. The lowest BCUT2D eigenvalue weighted by atomic mass is 10.1. The average molecular weight is 479 g/mol. The number of carbonyl (C=O) groups is 1. The monoisotopic (exact) mass is 478 g/mol. The van der Waals surface area contributed by atoms with Crippen LogP contribution >= 0.6 is 0 Å². The van der Waals surface area contributed by atoms with Crippen LogP contribution in [0.4, 0.5) is 25.2 Å². The van der Waals surface area contributed by atoms with E-state index in [2.05, 4.69) is 19.6 Å². The van der Waals surface area contributed by atoms with Crippen molar-refractivity contribution in [2.24, 2.45) is 4.36 Å². The number of halogens is 2. The lowest BCUT2D eigenvalue weighted by molar-refractivity contribution is 0.164. The lowest BCUT2D eigenvalue weighted by Gasteiger charge is -2.18. The van der Waals surface area contributed by atoms with E-state index in [1.165, 1.54) is 25.5 Å². The quantitative estimate of drug-likeness (QED) is 0.410. The maximum absolute atomic E-state index is 14.4. The maximum Gasteiger partial charge on any atom is 0.439 e. The van der Waals surface area contributed by atoms with E-state index in [0.29, 0.717) is 11.3 Å². The average Bonchev–Trinajstić information content (AvgIpc) is 2.75. The molecular weight excluding hydrogens is 454 g/mol. The van der Waals surface area contributed by atoms with Gasteiger partial charge in [-0.3, -0.25) is 0 Å². The van der Waals surface area contributed by atoms with Crippen molar-refractivity contribution >= 4 is 27.8 Å². The number of nitrogens with zero attached hydrogens (tertiary/aromatic N) is 3. The molecule has 0 aliphatic carbocycles. The van der Waals surface area contributed by atoms with Gasteiger partial charge in [-0.15, -0.1) is 0 Å². The third-order valence-electron chi connectivity index (χ3n) is 4.39. The molecule has 0 atom stereocenters. The van der Waals surface area contributed by atoms with Crippen molar-refractivity contribution in [2.75, 3.05) is 25.3 Å². The molecule has 11 heteroatoms. The Bertz CT molecular complexity index is 1220. The number of amides is 1. The molecule has 3 aromatic rings. The van der Waals surface area contributed by atoms with Crippen LogP contribution < -0.4 is 10.1 Å². The molecule has 0 unspecified atom stereocenters. The number of benzene rings is 2. The molecule has 0 spiro atoms. The molecule has 8 nitrogen and oxygen atoms in total. The number of rotatable bonds is 7. The van der Waals surface area contributed by atoms with E-state index in [1.807, 2.05) is 0 Å². The first-order valence-electron chi connectivity index (χ1n) is 9.91. The molecule has 0 saturated heterocycles. The van der Waals surface area contributed by atoms with Gasteiger partial charge < -0.3 is 19.3 Å². The Morgan fingerprint density at radius 1 is 1.24 bits per heavy atom. The van der Waals surface area contributed by atoms with E-state index < -0.39 is 27.8 Å². The number of thiol groups is 1. The second kappa shape index (κ2) is 10.5. The van der Waals surface area contributed by atoms with Crippen molar-refractivity contribution in [3.8, 4) is 17.0 Å². The first-order chi connectivity index (χ1) is 15.7. The number of carbonyl (C=O) groups excluding carboxylic acids is 1. The summed E-state index contributed by atoms with van der Waals surface area (Å²) in [6.45, 7) is 1.83. The van der Waals surface area contributed by atoms with E-state index in [4.69, 9.17) is 9.47 Å². The fourth-order valence-electron chi connectivity index (χ4n) is 3.06. The third kappa shape index (κ3) is 6.53. The number of aromatic nitrogens is 2. The third-order valence-corrected chi connectivity index (χ3v) is 5.95. The molecule has 2 aromatic carbocycles. The largest absolute Gasteiger partial charge is 0.496 e. The number of anilines is 2. The SMILES string of the molecule is CCOC(=O)N=[SH](C)(O)Cc1cccc(Nc2ncc(F)c(-c3ccc(F)cc3OC)n2)c1. The summed E-state index contributed by atoms with van der Waals surface area (Å²) in [4.78, 5) is 19.8. The number of nitrogens with one attached hydrogen (secondary N) is 1. The summed E-state index contributed by atoms with van der Waals surface area (Å²) in [6, 6.07) is 10.7. The molecule has 0 bridgehead atoms. The highest BCUT2D eigenvalue weighted by Gasteiger charge is 2.15. The fraction of sp³-hybridized carbons (Fsp3) is 0.227. The number of hydrogen-bond donors (Lipinski definition) is 3. The van der Waals surface area contributed by atoms with Crippen molar-refractivity contribution in [1.29, 1.82) is 0 Å². The van der Waals surface area contributed by atoms with Crippen molar-refractivity contribution in [3.05, 3.63) is 65.9 Å². The minimum Gasteiger partial charge on any atom is -0.496 e. The summed E-state index contributed by atoms with van der Waals surface area (Å²) in [5, 5.41) is 2.98. The normalized spacial score (nSPS) is 11.6. The molecule has 33 heavy (non-hydrogen) atoms. The number of methoxy groups -OCH3 is 1. The molecule has 0 saturated carbocycles. The summed E-state index contributed by atoms with van der Waals surface area (Å²) in [6.07, 6.45) is 1.72. The van der Waals surface area contributed by atoms with Crippen LogP contribution in [0.3, 0.4) is 0 Å². The minimum atomic E-state index is -2.92. The van der Waals surface area contributed by atoms with Gasteiger partial charge in [0.15, 0.2) is 5.82 Å². The second-order valence-electron chi connectivity index (χ2n) is 7.11. The Kier molecular flexibility index (Phi) is 7.67. The molecule has 1 aromatic heterocycles. The van der Waals surface area contributed by atoms with Crippen molar-refractivity contribution in [2.45, 2.75) is 12.7 Å². The van der Waals surface area contributed by atoms with Gasteiger partial charge in [0.05, 0.1) is 19.9 Å². The van der Waals surface area contributed by atoms with Crippen LogP contribution in [0.2, 0.25) is 0 Å². The van der Waals surface area contributed by atoms with Gasteiger partial charge in [0.2, 0.25) is 5.95 Å². The standard InChI is InChI=1S/C22H24F2N4O4S/c1-4-32-22(29)28-33(3,30)13-14-6-5-7-16(10-14)26-21-25-12-18(24)20(27-21)17-9-8-15(23)11-19(17)31-2/h5-12,33H,4,13H2,1-3H3,(H,25,26,27)(H,28,29,30). The first kappa shape index (κ1) is 24.2. The second-order valence-corrected chi connectivity index (χ2v) is 9.80. The van der Waals surface area contributed by atoms with E-state index in [0.717, 1.165) is 12.3 Å². The number of hydrogen-bond acceptors (Lipinski definition) is 6. The van der Waals surface area contributed by atoms with Gasteiger partial charge in [-0.05, 0) is 43.0 Å². The van der Waals surface area contributed by atoms with Crippen LogP contribution in [0, 0.1) is 11.6 Å². The van der Waals surface area contributed by atoms with Gasteiger partial charge >= 0.3 is 6.09 Å². The van der Waals surface area contributed by atoms with Crippen LogP contribution in [0.15, 0.2) is 53.0 Å². The van der Waals surface area contributed by atoms with Crippen LogP contribution in [0.1, 0.15) is 12.5 Å². The summed E-state index contributed by atoms with van der Waals surface area (Å²) in [5.74, 6) is -0.817. The zero-order chi connectivity index (χ0) is 24.0. The molecule has 1 amide bonds. The molecular formula is C22H24F2N4O4S. The highest BCUT2D eigenvalue weighted by molar-refractivity contribution is 7.98. The molecule has 0 aliphatic heterocycles. The molecule has 0 radical (unpaired) electrons. The zero-order valence-electron chi connectivity index (χ0n) is 18.2. The molecule has 0 fully saturated rings. The highest BCUT2D eigenvalue weighted by Crippen LogP contribution is 2.31. The highest BCUT2D eigenvalue weighted by atomic mass is 32.3. The Morgan fingerprint density at radius 3 is 2.76 bits per heavy atom. The minimum absolute atomic E-state index is 0.0531. The first-order valence-corrected chi connectivity index (χ1v) is 12.2. The summed E-state index contributed by atoms with van der Waals surface area (Å²) in [5.41, 5.74) is 1.51. The smallest absolute Gasteiger partial charge is 0.439 e. The molecule has 1 heterocycles. The van der Waals surface area contributed by atoms with Gasteiger partial charge in [-0.25, -0.2) is 23.5 Å². The Balaban J connectivity index is 1.85. The van der Waals surface area contributed by atoms with Crippen LogP contribution in [0.5, 0.6) is 5.75 Å². The van der Waals surface area contributed by atoms with E-state index in [-0.39, 0.29) is 35.3 Å². The molecule has 3 rings (SSSR count). The van der Waals surface area contributed by atoms with Crippen LogP contribution in [0.25, 0.3) is 11.3 Å². The van der Waals surface area contributed by atoms with E-state index in [1.54, 1.807) is 31.2 Å². The molecule has 0 aliphatic rings. The molecule has 176 valence electrons.